The number of rotatable bonds is 22. The molecule has 1 aromatic carbocycles. The largest absolute Gasteiger partial charge is 0.447 e. The van der Waals surface area contributed by atoms with Gasteiger partial charge in [-0.25, -0.2) is 38.7 Å². The van der Waals surface area contributed by atoms with Crippen molar-refractivity contribution in [1.82, 2.24) is 59.5 Å². The Morgan fingerprint density at radius 3 is 2.34 bits per heavy atom. The number of carbonyl (C=O) groups excluding carboxylic acids is 8. The van der Waals surface area contributed by atoms with Gasteiger partial charge in [0.05, 0.1) is 45.1 Å². The number of halogens is 1. The van der Waals surface area contributed by atoms with Crippen LogP contribution in [0.15, 0.2) is 60.2 Å². The lowest BCUT2D eigenvalue weighted by molar-refractivity contribution is -0.183. The molecule has 4 bridgehead atoms. The van der Waals surface area contributed by atoms with Crippen molar-refractivity contribution in [1.29, 1.82) is 0 Å². The molecule has 5 aliphatic rings. The first-order valence-electron chi connectivity index (χ1n) is 28.6. The number of ketones is 1. The molecule has 500 valence electrons. The van der Waals surface area contributed by atoms with Crippen molar-refractivity contribution in [2.45, 2.75) is 101 Å². The van der Waals surface area contributed by atoms with Crippen LogP contribution in [0, 0.1) is 11.8 Å². The summed E-state index contributed by atoms with van der Waals surface area (Å²) in [5, 5.41) is 10.1. The number of nitrogen functional groups attached to an aromatic ring is 1. The number of aromatic nitrogens is 8. The van der Waals surface area contributed by atoms with Crippen LogP contribution in [0.25, 0.3) is 22.3 Å². The number of anilines is 3. The molecular formula is C52H63FN16O20P2S2. The van der Waals surface area contributed by atoms with Crippen LogP contribution in [-0.4, -0.2) is 202 Å². The quantitative estimate of drug-likeness (QED) is 0.0264. The maximum Gasteiger partial charge on any atom is 0.414 e. The number of likely N-dealkylation sites (N-methyl/N-ethyl adjacent to an activating group) is 1. The number of imidazole rings is 2. The number of primary amides is 1. The Kier molecular flexibility index (Phi) is 20.7. The number of fused-ring (bicyclic) bond motifs is 4. The van der Waals surface area contributed by atoms with Gasteiger partial charge in [0.25, 0.3) is 17.4 Å². The molecule has 10 rings (SSSR count). The number of urea groups is 1. The molecule has 9 heterocycles. The van der Waals surface area contributed by atoms with Gasteiger partial charge in [-0.2, -0.15) is 4.98 Å². The molecule has 93 heavy (non-hydrogen) atoms. The molecular weight excluding hydrogens is 1310 g/mol. The summed E-state index contributed by atoms with van der Waals surface area (Å²) in [6.07, 6.45) is -6.78. The summed E-state index contributed by atoms with van der Waals surface area (Å²) in [6, 6.07) is 4.45. The lowest BCUT2D eigenvalue weighted by atomic mass is 9.89. The topological polar surface area (TPSA) is 474 Å². The second kappa shape index (κ2) is 28.4. The van der Waals surface area contributed by atoms with Crippen molar-refractivity contribution in [3.8, 4) is 0 Å². The molecule has 2 unspecified atom stereocenters. The highest BCUT2D eigenvalue weighted by molar-refractivity contribution is 8.07. The van der Waals surface area contributed by atoms with Gasteiger partial charge in [-0.1, -0.05) is 26.0 Å². The molecule has 8 amide bonds. The standard InChI is InChI=1S/C52H63FN16O20P2S2/c1-25(2)35(62-31(71)12-14-67-32(72)10-11-33(67)73)29(70)17-27(5-4-13-56-48(55)76)44(74)61-28-8-6-26(7-9-28)18-82-51(78)66(3)15-16-81-50(77)65-49-63-43-37(45(75)64-49)60-24-69(43)46-38-34(53)30(86-46)19-84-90(79,92)89-40-39-47(68-23-59-36-41(54)57-22-58-42(36)68)87-52(40,20-83-39)21-85-91(80,93)88-38/h6-11,22-25,27,30,34-35,38-40,46-47H,4-5,12-21H2,1-3H3,(H,61,74)(H,62,71)(H,79,92)(H,80,93)(H2,54,57,58)(H3,55,56,76)(H2,63,64,65,75,77)/t27-,30-,34-,35+,38-,39-,40+,46-,47-,52-,90?,91?/m1/s1. The molecule has 4 saturated heterocycles. The highest BCUT2D eigenvalue weighted by Gasteiger charge is 2.65. The third-order valence-corrected chi connectivity index (χ3v) is 18.5. The number of hydrogen-bond acceptors (Lipinski definition) is 26. The Balaban J connectivity index is 0.710. The van der Waals surface area contributed by atoms with Gasteiger partial charge in [0.2, 0.25) is 17.8 Å². The van der Waals surface area contributed by atoms with Gasteiger partial charge in [-0.15, -0.1) is 0 Å². The zero-order chi connectivity index (χ0) is 66.7. The number of aromatic amines is 1. The van der Waals surface area contributed by atoms with Crippen molar-refractivity contribution in [2.75, 3.05) is 69.5 Å². The fraction of sp³-hybridized carbons (Fsp3) is 0.500. The number of benzene rings is 1. The molecule has 0 spiro atoms. The van der Waals surface area contributed by atoms with Gasteiger partial charge in [0, 0.05) is 56.7 Å². The van der Waals surface area contributed by atoms with E-state index in [1.54, 1.807) is 26.0 Å². The Morgan fingerprint density at radius 2 is 1.62 bits per heavy atom. The first-order valence-corrected chi connectivity index (χ1v) is 33.8. The van der Waals surface area contributed by atoms with Gasteiger partial charge in [-0.05, 0) is 60.1 Å². The maximum absolute atomic E-state index is 16.6. The van der Waals surface area contributed by atoms with Crippen molar-refractivity contribution < 1.29 is 94.3 Å². The average Bonchev–Trinajstić information content (AvgIpc) is 1.57. The zero-order valence-corrected chi connectivity index (χ0v) is 52.9. The smallest absolute Gasteiger partial charge is 0.414 e. The van der Waals surface area contributed by atoms with E-state index in [1.807, 2.05) is 0 Å². The van der Waals surface area contributed by atoms with Crippen LogP contribution in [-0.2, 0) is 96.0 Å². The molecule has 5 aromatic rings. The molecule has 12 atom stereocenters. The third-order valence-electron chi connectivity index (χ3n) is 15.4. The molecule has 41 heteroatoms. The Hall–Kier alpha value is -7.91. The molecule has 4 aromatic heterocycles. The lowest BCUT2D eigenvalue weighted by Gasteiger charge is -2.33. The summed E-state index contributed by atoms with van der Waals surface area (Å²) < 4.78 is 71.7. The van der Waals surface area contributed by atoms with Crippen molar-refractivity contribution >= 4 is 124 Å². The van der Waals surface area contributed by atoms with E-state index in [1.165, 1.54) is 36.4 Å². The second-order valence-electron chi connectivity index (χ2n) is 22.2. The number of nitrogens with two attached hydrogens (primary N) is 2. The van der Waals surface area contributed by atoms with Crippen LogP contribution in [0.4, 0.5) is 36.2 Å². The third kappa shape index (κ3) is 15.7. The van der Waals surface area contributed by atoms with E-state index in [4.69, 9.17) is 76.9 Å². The first kappa shape index (κ1) is 68.0. The molecule has 0 radical (unpaired) electrons. The van der Waals surface area contributed by atoms with Gasteiger partial charge < -0.3 is 74.8 Å². The molecule has 0 saturated carbocycles. The number of ether oxygens (including phenoxy) is 5. The lowest BCUT2D eigenvalue weighted by Crippen LogP contribution is -2.46. The number of nitrogens with zero attached hydrogens (tertiary/aromatic N) is 9. The molecule has 5 aliphatic heterocycles. The predicted molar refractivity (Wildman–Crippen MR) is 324 cm³/mol. The van der Waals surface area contributed by atoms with Crippen LogP contribution in [0.1, 0.15) is 57.6 Å². The van der Waals surface area contributed by atoms with E-state index >= 15 is 4.39 Å². The molecule has 11 N–H and O–H groups in total. The normalized spacial score (nSPS) is 26.6. The Labute approximate surface area is 535 Å². The maximum atomic E-state index is 16.6. The summed E-state index contributed by atoms with van der Waals surface area (Å²) >= 11 is 10.8. The van der Waals surface area contributed by atoms with E-state index in [9.17, 15) is 52.9 Å². The number of imide groups is 1. The van der Waals surface area contributed by atoms with Crippen LogP contribution in [0.2, 0.25) is 0 Å². The van der Waals surface area contributed by atoms with Crippen LogP contribution in [0.5, 0.6) is 0 Å². The summed E-state index contributed by atoms with van der Waals surface area (Å²) in [6.45, 7) is -7.90. The summed E-state index contributed by atoms with van der Waals surface area (Å²) in [5.74, 6) is -4.38. The van der Waals surface area contributed by atoms with Gasteiger partial charge in [-0.3, -0.25) is 62.1 Å². The second-order valence-corrected chi connectivity index (χ2v) is 27.8. The fourth-order valence-corrected chi connectivity index (χ4v) is 13.5. The van der Waals surface area contributed by atoms with E-state index < -0.39 is 159 Å². The monoisotopic (exact) mass is 1380 g/mol. The molecule has 36 nitrogen and oxygen atoms in total. The van der Waals surface area contributed by atoms with Crippen molar-refractivity contribution in [3.63, 3.8) is 0 Å². The average molecular weight is 1380 g/mol. The number of carbonyl (C=O) groups is 8. The predicted octanol–water partition coefficient (Wildman–Crippen LogP) is 0.930. The van der Waals surface area contributed by atoms with Crippen LogP contribution >= 0.6 is 13.4 Å². The molecule has 4 fully saturated rings. The van der Waals surface area contributed by atoms with Gasteiger partial charge >= 0.3 is 31.7 Å². The minimum absolute atomic E-state index is 0.0888. The first-order chi connectivity index (χ1) is 44.2. The van der Waals surface area contributed by atoms with E-state index in [2.05, 4.69) is 51.2 Å². The van der Waals surface area contributed by atoms with E-state index in [0.717, 1.165) is 32.8 Å². The zero-order valence-electron chi connectivity index (χ0n) is 49.5. The fourth-order valence-electron chi connectivity index (χ4n) is 10.7. The van der Waals surface area contributed by atoms with Crippen molar-refractivity contribution in [2.24, 2.45) is 17.6 Å². The van der Waals surface area contributed by atoms with E-state index in [0.29, 0.717) is 11.3 Å². The summed E-state index contributed by atoms with van der Waals surface area (Å²) in [4.78, 5) is 163. The number of hydrogen-bond donors (Lipinski definition) is 9. The minimum Gasteiger partial charge on any atom is -0.447 e. The molecule has 0 aliphatic carbocycles. The van der Waals surface area contributed by atoms with Gasteiger partial charge in [0.1, 0.15) is 55.1 Å². The number of nitrogens with one attached hydrogen (secondary N) is 5. The van der Waals surface area contributed by atoms with Crippen LogP contribution in [0.3, 0.4) is 0 Å². The minimum atomic E-state index is -4.52. The summed E-state index contributed by atoms with van der Waals surface area (Å²) in [7, 11) is 1.37. The number of alkyl halides is 1. The number of amides is 8. The summed E-state index contributed by atoms with van der Waals surface area (Å²) in [5.41, 5.74) is 9.43. The Bertz CT molecular complexity index is 3900. The SMILES string of the molecule is CC(C)[C@H](NC(=O)CCN1C(=O)C=CC1=O)C(=O)C[C@@H](CCCNC(N)=O)C(=O)Nc1ccc(COC(=O)N(C)CCOC(=O)Nc2nc3c(ncn3[C@@H]3O[C@@H]4COP(O)(=S)O[C@H]5[C@H]6OC[C@]5(COP(O)(=S)O[C@@H]3[C@@H]4F)O[C@H]6n3cnc4c(N)ncnc43)c(=O)[nH]2)cc1. The highest BCUT2D eigenvalue weighted by Crippen LogP contribution is 2.58. The van der Waals surface area contributed by atoms with Crippen molar-refractivity contribution in [3.05, 3.63) is 71.3 Å². The van der Waals surface area contributed by atoms with Gasteiger partial charge in [0.15, 0.2) is 47.0 Å². The number of H-pyrrole nitrogens is 1. The number of Topliss-reactive ketones (excluding diaryl/α,β-unsaturated/α-hetero) is 1. The van der Waals surface area contributed by atoms with Crippen LogP contribution < -0.4 is 38.3 Å². The highest BCUT2D eigenvalue weighted by atomic mass is 32.5. The van der Waals surface area contributed by atoms with E-state index in [-0.39, 0.29) is 86.7 Å². The Morgan fingerprint density at radius 1 is 0.914 bits per heavy atom.